The van der Waals surface area contributed by atoms with Gasteiger partial charge in [-0.2, -0.15) is 4.98 Å². The third-order valence-corrected chi connectivity index (χ3v) is 4.10. The molecule has 0 aliphatic heterocycles. The minimum absolute atomic E-state index is 0.305. The summed E-state index contributed by atoms with van der Waals surface area (Å²) in [6.45, 7) is 6.33. The van der Waals surface area contributed by atoms with Crippen LogP contribution in [0.25, 0.3) is 11.3 Å². The summed E-state index contributed by atoms with van der Waals surface area (Å²) in [7, 11) is 0. The quantitative estimate of drug-likeness (QED) is 0.678. The molecule has 0 unspecified atom stereocenters. The number of nitrogens with zero attached hydrogens (tertiary/aromatic N) is 3. The highest BCUT2D eigenvalue weighted by Crippen LogP contribution is 2.25. The normalized spacial score (nSPS) is 11.8. The van der Waals surface area contributed by atoms with Crippen LogP contribution in [0.4, 0.5) is 17.5 Å². The number of hydrogen-bond acceptors (Lipinski definition) is 5. The Morgan fingerprint density at radius 3 is 2.52 bits per heavy atom. The van der Waals surface area contributed by atoms with Gasteiger partial charge in [0.1, 0.15) is 5.82 Å². The van der Waals surface area contributed by atoms with Crippen LogP contribution in [0.3, 0.4) is 0 Å². The van der Waals surface area contributed by atoms with E-state index in [4.69, 9.17) is 0 Å². The highest BCUT2D eigenvalue weighted by atomic mass is 15.2. The van der Waals surface area contributed by atoms with E-state index in [-0.39, 0.29) is 0 Å². The van der Waals surface area contributed by atoms with Gasteiger partial charge in [-0.05, 0) is 44.0 Å². The number of benzene rings is 1. The molecule has 25 heavy (non-hydrogen) atoms. The Morgan fingerprint density at radius 2 is 1.80 bits per heavy atom. The highest BCUT2D eigenvalue weighted by molar-refractivity contribution is 5.68. The van der Waals surface area contributed by atoms with Crippen molar-refractivity contribution in [1.82, 2.24) is 15.0 Å². The molecule has 2 heterocycles. The van der Waals surface area contributed by atoms with Gasteiger partial charge in [-0.15, -0.1) is 0 Å². The number of nitrogens with one attached hydrogen (secondary N) is 2. The molecule has 1 atom stereocenters. The lowest BCUT2D eigenvalue weighted by atomic mass is 10.2. The molecule has 0 aliphatic rings. The standard InChI is InChI=1S/C20H23N5/c1-4-15(3)22-20-24-18(16-9-11-21-12-10-16)13-19(25-20)23-17-8-6-5-7-14(17)2/h5-13,15H,4H2,1-3H3,(H2,22,23,24,25)/t15-/m1/s1. The lowest BCUT2D eigenvalue weighted by Gasteiger charge is -2.15. The molecule has 1 aromatic carbocycles. The molecule has 128 valence electrons. The van der Waals surface area contributed by atoms with Crippen LogP contribution in [0.2, 0.25) is 0 Å². The molecule has 5 nitrogen and oxygen atoms in total. The van der Waals surface area contributed by atoms with Crippen LogP contribution >= 0.6 is 0 Å². The van der Waals surface area contributed by atoms with Crippen molar-refractivity contribution in [2.75, 3.05) is 10.6 Å². The lowest BCUT2D eigenvalue weighted by Crippen LogP contribution is -2.16. The van der Waals surface area contributed by atoms with Crippen LogP contribution < -0.4 is 10.6 Å². The molecule has 0 amide bonds. The molecule has 5 heteroatoms. The molecule has 0 radical (unpaired) electrons. The Labute approximate surface area is 148 Å². The van der Waals surface area contributed by atoms with Gasteiger partial charge < -0.3 is 10.6 Å². The summed E-state index contributed by atoms with van der Waals surface area (Å²) >= 11 is 0. The van der Waals surface area contributed by atoms with Crippen LogP contribution in [-0.2, 0) is 0 Å². The highest BCUT2D eigenvalue weighted by Gasteiger charge is 2.09. The molecule has 2 N–H and O–H groups in total. The zero-order valence-corrected chi connectivity index (χ0v) is 14.8. The fraction of sp³-hybridized carbons (Fsp3) is 0.250. The van der Waals surface area contributed by atoms with Gasteiger partial charge in [0.05, 0.1) is 5.69 Å². The van der Waals surface area contributed by atoms with E-state index in [9.17, 15) is 0 Å². The third-order valence-electron chi connectivity index (χ3n) is 4.10. The first-order valence-corrected chi connectivity index (χ1v) is 8.54. The number of aryl methyl sites for hydroxylation is 1. The zero-order chi connectivity index (χ0) is 17.6. The van der Waals surface area contributed by atoms with Gasteiger partial charge in [0, 0.05) is 35.8 Å². The first-order chi connectivity index (χ1) is 12.2. The number of hydrogen-bond donors (Lipinski definition) is 2. The molecule has 0 spiro atoms. The maximum atomic E-state index is 4.67. The molecule has 0 saturated carbocycles. The van der Waals surface area contributed by atoms with Gasteiger partial charge in [-0.25, -0.2) is 4.98 Å². The van der Waals surface area contributed by atoms with Crippen LogP contribution in [-0.4, -0.2) is 21.0 Å². The second kappa shape index (κ2) is 7.75. The number of pyridine rings is 1. The minimum Gasteiger partial charge on any atom is -0.352 e. The largest absolute Gasteiger partial charge is 0.352 e. The molecule has 0 bridgehead atoms. The fourth-order valence-electron chi connectivity index (χ4n) is 2.42. The molecular weight excluding hydrogens is 310 g/mol. The summed E-state index contributed by atoms with van der Waals surface area (Å²) in [5, 5.41) is 6.77. The Hall–Kier alpha value is -2.95. The Balaban J connectivity index is 1.99. The molecule has 0 fully saturated rings. The third kappa shape index (κ3) is 4.32. The van der Waals surface area contributed by atoms with Crippen molar-refractivity contribution < 1.29 is 0 Å². The van der Waals surface area contributed by atoms with Gasteiger partial charge >= 0.3 is 0 Å². The van der Waals surface area contributed by atoms with Gasteiger partial charge in [0.15, 0.2) is 0 Å². The smallest absolute Gasteiger partial charge is 0.225 e. The molecule has 3 rings (SSSR count). The molecule has 2 aromatic heterocycles. The van der Waals surface area contributed by atoms with Gasteiger partial charge in [0.25, 0.3) is 0 Å². The topological polar surface area (TPSA) is 62.7 Å². The maximum Gasteiger partial charge on any atom is 0.225 e. The number of para-hydroxylation sites is 1. The van der Waals surface area contributed by atoms with Gasteiger partial charge in [-0.1, -0.05) is 25.1 Å². The van der Waals surface area contributed by atoms with Gasteiger partial charge in [-0.3, -0.25) is 4.98 Å². The predicted octanol–water partition coefficient (Wildman–Crippen LogP) is 4.80. The lowest BCUT2D eigenvalue weighted by molar-refractivity contribution is 0.753. The second-order valence-corrected chi connectivity index (χ2v) is 6.09. The van der Waals surface area contributed by atoms with Crippen LogP contribution in [0.15, 0.2) is 54.9 Å². The summed E-state index contributed by atoms with van der Waals surface area (Å²) < 4.78 is 0. The number of rotatable bonds is 6. The van der Waals surface area contributed by atoms with E-state index in [1.54, 1.807) is 12.4 Å². The van der Waals surface area contributed by atoms with Gasteiger partial charge in [0.2, 0.25) is 5.95 Å². The molecule has 0 aliphatic carbocycles. The van der Waals surface area contributed by atoms with Crippen molar-refractivity contribution in [2.45, 2.75) is 33.2 Å². The molecule has 3 aromatic rings. The first-order valence-electron chi connectivity index (χ1n) is 8.54. The Kier molecular flexibility index (Phi) is 5.23. The maximum absolute atomic E-state index is 4.67. The van der Waals surface area contributed by atoms with Crippen molar-refractivity contribution >= 4 is 17.5 Å². The van der Waals surface area contributed by atoms with E-state index in [1.807, 2.05) is 36.4 Å². The van der Waals surface area contributed by atoms with E-state index in [0.717, 1.165) is 29.2 Å². The summed E-state index contributed by atoms with van der Waals surface area (Å²) in [6.07, 6.45) is 4.55. The average Bonchev–Trinajstić information content (AvgIpc) is 2.64. The second-order valence-electron chi connectivity index (χ2n) is 6.09. The number of aromatic nitrogens is 3. The first kappa shape index (κ1) is 16.9. The summed E-state index contributed by atoms with van der Waals surface area (Å²) in [5.74, 6) is 1.39. The van der Waals surface area contributed by atoms with Crippen molar-refractivity contribution in [3.05, 3.63) is 60.4 Å². The van der Waals surface area contributed by atoms with Crippen molar-refractivity contribution in [2.24, 2.45) is 0 Å². The number of anilines is 3. The average molecular weight is 333 g/mol. The van der Waals surface area contributed by atoms with E-state index in [2.05, 4.69) is 52.4 Å². The van der Waals surface area contributed by atoms with E-state index >= 15 is 0 Å². The predicted molar refractivity (Wildman–Crippen MR) is 103 cm³/mol. The monoisotopic (exact) mass is 333 g/mol. The summed E-state index contributed by atoms with van der Waals surface area (Å²) in [6, 6.07) is 14.3. The molecular formula is C20H23N5. The Morgan fingerprint density at radius 1 is 1.04 bits per heavy atom. The van der Waals surface area contributed by atoms with E-state index < -0.39 is 0 Å². The summed E-state index contributed by atoms with van der Waals surface area (Å²) in [4.78, 5) is 13.4. The van der Waals surface area contributed by atoms with Crippen LogP contribution in [0, 0.1) is 6.92 Å². The van der Waals surface area contributed by atoms with Crippen LogP contribution in [0.5, 0.6) is 0 Å². The fourth-order valence-corrected chi connectivity index (χ4v) is 2.42. The SMILES string of the molecule is CC[C@@H](C)Nc1nc(Nc2ccccc2C)cc(-c2ccncc2)n1. The van der Waals surface area contributed by atoms with Crippen molar-refractivity contribution in [3.8, 4) is 11.3 Å². The minimum atomic E-state index is 0.305. The summed E-state index contributed by atoms with van der Waals surface area (Å²) in [5.41, 5.74) is 4.08. The van der Waals surface area contributed by atoms with E-state index in [0.29, 0.717) is 12.0 Å². The molecule has 0 saturated heterocycles. The zero-order valence-electron chi connectivity index (χ0n) is 14.8. The van der Waals surface area contributed by atoms with Crippen LogP contribution in [0.1, 0.15) is 25.8 Å². The van der Waals surface area contributed by atoms with E-state index in [1.165, 1.54) is 5.56 Å². The van der Waals surface area contributed by atoms with Crippen molar-refractivity contribution in [1.29, 1.82) is 0 Å². The Bertz CT molecular complexity index is 832. The van der Waals surface area contributed by atoms with Crippen molar-refractivity contribution in [3.63, 3.8) is 0 Å².